The number of rotatable bonds is 3. The SMILES string of the molecule is CC(C)(C)C(=O)N1CCC(Cc2ccnc(-c3ccn[nH]3)c2)CC1. The van der Waals surface area contributed by atoms with E-state index in [0.29, 0.717) is 5.92 Å². The van der Waals surface area contributed by atoms with Crippen LogP contribution in [0.5, 0.6) is 0 Å². The largest absolute Gasteiger partial charge is 0.342 e. The molecule has 2 aromatic heterocycles. The summed E-state index contributed by atoms with van der Waals surface area (Å²) in [6.07, 6.45) is 6.80. The molecule has 0 saturated carbocycles. The molecule has 1 N–H and O–H groups in total. The molecule has 2 aromatic rings. The van der Waals surface area contributed by atoms with Gasteiger partial charge in [0.2, 0.25) is 5.91 Å². The molecule has 0 spiro atoms. The molecule has 24 heavy (non-hydrogen) atoms. The van der Waals surface area contributed by atoms with Gasteiger partial charge in [0.25, 0.3) is 0 Å². The lowest BCUT2D eigenvalue weighted by atomic mass is 9.88. The lowest BCUT2D eigenvalue weighted by Gasteiger charge is -2.35. The molecule has 5 heteroatoms. The van der Waals surface area contributed by atoms with Gasteiger partial charge in [-0.2, -0.15) is 5.10 Å². The first-order chi connectivity index (χ1) is 11.4. The smallest absolute Gasteiger partial charge is 0.227 e. The number of nitrogens with zero attached hydrogens (tertiary/aromatic N) is 3. The predicted octanol–water partition coefficient (Wildman–Crippen LogP) is 3.30. The second-order valence-corrected chi connectivity index (χ2v) is 7.71. The molecule has 1 aliphatic rings. The van der Waals surface area contributed by atoms with Crippen molar-refractivity contribution in [2.45, 2.75) is 40.0 Å². The maximum Gasteiger partial charge on any atom is 0.227 e. The fraction of sp³-hybridized carbons (Fsp3) is 0.526. The van der Waals surface area contributed by atoms with Crippen LogP contribution in [0.25, 0.3) is 11.4 Å². The molecule has 0 unspecified atom stereocenters. The van der Waals surface area contributed by atoms with E-state index in [-0.39, 0.29) is 11.3 Å². The number of hydrogen-bond acceptors (Lipinski definition) is 3. The summed E-state index contributed by atoms with van der Waals surface area (Å²) in [5.74, 6) is 0.900. The normalized spacial score (nSPS) is 16.4. The van der Waals surface area contributed by atoms with Crippen molar-refractivity contribution in [2.75, 3.05) is 13.1 Å². The predicted molar refractivity (Wildman–Crippen MR) is 94.3 cm³/mol. The molecule has 0 bridgehead atoms. The number of pyridine rings is 1. The van der Waals surface area contributed by atoms with E-state index in [1.807, 2.05) is 37.9 Å². The first-order valence-electron chi connectivity index (χ1n) is 8.67. The average Bonchev–Trinajstić information content (AvgIpc) is 3.09. The Bertz CT molecular complexity index is 680. The van der Waals surface area contributed by atoms with Gasteiger partial charge in [-0.1, -0.05) is 20.8 Å². The van der Waals surface area contributed by atoms with Crippen LogP contribution in [0.15, 0.2) is 30.6 Å². The zero-order valence-corrected chi connectivity index (χ0v) is 14.7. The van der Waals surface area contributed by atoms with Crippen LogP contribution in [0.3, 0.4) is 0 Å². The van der Waals surface area contributed by atoms with Crippen LogP contribution >= 0.6 is 0 Å². The zero-order chi connectivity index (χ0) is 17.2. The van der Waals surface area contributed by atoms with Gasteiger partial charge >= 0.3 is 0 Å². The number of carbonyl (C=O) groups is 1. The van der Waals surface area contributed by atoms with Crippen LogP contribution in [0.4, 0.5) is 0 Å². The van der Waals surface area contributed by atoms with Crippen molar-refractivity contribution in [1.29, 1.82) is 0 Å². The number of H-pyrrole nitrogens is 1. The van der Waals surface area contributed by atoms with E-state index in [1.54, 1.807) is 6.20 Å². The number of aromatic amines is 1. The summed E-state index contributed by atoms with van der Waals surface area (Å²) < 4.78 is 0. The Hall–Kier alpha value is -2.17. The lowest BCUT2D eigenvalue weighted by molar-refractivity contribution is -0.140. The highest BCUT2D eigenvalue weighted by Crippen LogP contribution is 2.26. The summed E-state index contributed by atoms with van der Waals surface area (Å²) in [6.45, 7) is 7.73. The van der Waals surface area contributed by atoms with Crippen molar-refractivity contribution in [2.24, 2.45) is 11.3 Å². The molecule has 0 aliphatic carbocycles. The average molecular weight is 326 g/mol. The van der Waals surface area contributed by atoms with Gasteiger partial charge in [0, 0.05) is 30.9 Å². The molecule has 0 radical (unpaired) electrons. The van der Waals surface area contributed by atoms with Gasteiger partial charge in [-0.3, -0.25) is 14.9 Å². The standard InChI is InChI=1S/C19H26N4O/c1-19(2,3)18(24)23-10-6-14(7-11-23)12-15-4-8-20-17(13-15)16-5-9-21-22-16/h4-5,8-9,13-14H,6-7,10-12H2,1-3H3,(H,21,22). The van der Waals surface area contributed by atoms with Gasteiger partial charge in [0.15, 0.2) is 0 Å². The lowest BCUT2D eigenvalue weighted by Crippen LogP contribution is -2.44. The van der Waals surface area contributed by atoms with Gasteiger partial charge in [-0.05, 0) is 48.9 Å². The summed E-state index contributed by atoms with van der Waals surface area (Å²) in [6, 6.07) is 6.16. The van der Waals surface area contributed by atoms with Crippen LogP contribution in [0.2, 0.25) is 0 Å². The first-order valence-corrected chi connectivity index (χ1v) is 8.67. The third-order valence-electron chi connectivity index (χ3n) is 4.67. The molecular weight excluding hydrogens is 300 g/mol. The molecule has 0 atom stereocenters. The maximum absolute atomic E-state index is 12.4. The van der Waals surface area contributed by atoms with E-state index >= 15 is 0 Å². The molecule has 3 heterocycles. The summed E-state index contributed by atoms with van der Waals surface area (Å²) >= 11 is 0. The Morgan fingerprint density at radius 1 is 1.25 bits per heavy atom. The summed E-state index contributed by atoms with van der Waals surface area (Å²) in [5, 5.41) is 6.95. The fourth-order valence-electron chi connectivity index (χ4n) is 3.29. The summed E-state index contributed by atoms with van der Waals surface area (Å²) in [5.41, 5.74) is 2.90. The van der Waals surface area contributed by atoms with Gasteiger partial charge in [0.05, 0.1) is 11.4 Å². The van der Waals surface area contributed by atoms with Gasteiger partial charge < -0.3 is 4.90 Å². The maximum atomic E-state index is 12.4. The quantitative estimate of drug-likeness (QED) is 0.941. The van der Waals surface area contributed by atoms with E-state index in [2.05, 4.69) is 27.3 Å². The van der Waals surface area contributed by atoms with E-state index in [1.165, 1.54) is 5.56 Å². The van der Waals surface area contributed by atoms with E-state index < -0.39 is 0 Å². The molecule has 5 nitrogen and oxygen atoms in total. The van der Waals surface area contributed by atoms with Crippen molar-refractivity contribution < 1.29 is 4.79 Å². The Kier molecular flexibility index (Phi) is 4.69. The number of carbonyl (C=O) groups excluding carboxylic acids is 1. The van der Waals surface area contributed by atoms with Crippen molar-refractivity contribution >= 4 is 5.91 Å². The highest BCUT2D eigenvalue weighted by atomic mass is 16.2. The minimum atomic E-state index is -0.281. The monoisotopic (exact) mass is 326 g/mol. The second-order valence-electron chi connectivity index (χ2n) is 7.71. The second kappa shape index (κ2) is 6.75. The molecule has 128 valence electrons. The van der Waals surface area contributed by atoms with E-state index in [4.69, 9.17) is 0 Å². The Labute approximate surface area is 143 Å². The molecule has 1 amide bonds. The summed E-state index contributed by atoms with van der Waals surface area (Å²) in [7, 11) is 0. The highest BCUT2D eigenvalue weighted by Gasteiger charge is 2.30. The third-order valence-corrected chi connectivity index (χ3v) is 4.67. The van der Waals surface area contributed by atoms with E-state index in [0.717, 1.165) is 43.7 Å². The molecule has 1 saturated heterocycles. The van der Waals surface area contributed by atoms with Crippen LogP contribution in [-0.2, 0) is 11.2 Å². The number of amides is 1. The minimum absolute atomic E-state index is 0.270. The molecule has 1 aliphatic heterocycles. The van der Waals surface area contributed by atoms with Crippen molar-refractivity contribution in [3.63, 3.8) is 0 Å². The summed E-state index contributed by atoms with van der Waals surface area (Å²) in [4.78, 5) is 18.8. The Balaban J connectivity index is 1.59. The van der Waals surface area contributed by atoms with Gasteiger partial charge in [0.1, 0.15) is 0 Å². The molecule has 0 aromatic carbocycles. The van der Waals surface area contributed by atoms with E-state index in [9.17, 15) is 4.79 Å². The molecular formula is C19H26N4O. The molecule has 3 rings (SSSR count). The van der Waals surface area contributed by atoms with Crippen LogP contribution in [0.1, 0.15) is 39.2 Å². The molecule has 1 fully saturated rings. The van der Waals surface area contributed by atoms with Crippen molar-refractivity contribution in [3.8, 4) is 11.4 Å². The van der Waals surface area contributed by atoms with Crippen molar-refractivity contribution in [3.05, 3.63) is 36.2 Å². The first kappa shape index (κ1) is 16.7. The van der Waals surface area contributed by atoms with Crippen LogP contribution < -0.4 is 0 Å². The fourth-order valence-corrected chi connectivity index (χ4v) is 3.29. The third kappa shape index (κ3) is 3.83. The van der Waals surface area contributed by atoms with Crippen LogP contribution in [0, 0.1) is 11.3 Å². The number of likely N-dealkylation sites (tertiary alicyclic amines) is 1. The number of hydrogen-bond donors (Lipinski definition) is 1. The number of nitrogens with one attached hydrogen (secondary N) is 1. The zero-order valence-electron chi connectivity index (χ0n) is 14.7. The van der Waals surface area contributed by atoms with Gasteiger partial charge in [-0.15, -0.1) is 0 Å². The van der Waals surface area contributed by atoms with Crippen molar-refractivity contribution in [1.82, 2.24) is 20.1 Å². The topological polar surface area (TPSA) is 61.9 Å². The Morgan fingerprint density at radius 2 is 2.00 bits per heavy atom. The Morgan fingerprint density at radius 3 is 2.62 bits per heavy atom. The minimum Gasteiger partial charge on any atom is -0.342 e. The number of piperidine rings is 1. The highest BCUT2D eigenvalue weighted by molar-refractivity contribution is 5.81. The number of aromatic nitrogens is 3. The van der Waals surface area contributed by atoms with Gasteiger partial charge in [-0.25, -0.2) is 0 Å². The van der Waals surface area contributed by atoms with Crippen LogP contribution in [-0.4, -0.2) is 39.1 Å².